The number of ketones is 1. The Labute approximate surface area is 107 Å². The molecule has 0 aromatic carbocycles. The molecule has 1 fully saturated rings. The number of pyridine rings is 1. The second-order valence-corrected chi connectivity index (χ2v) is 4.10. The molecule has 0 spiro atoms. The predicted molar refractivity (Wildman–Crippen MR) is 62.8 cm³/mol. The minimum atomic E-state index is -4.87. The van der Waals surface area contributed by atoms with Crippen molar-refractivity contribution in [3.05, 3.63) is 36.7 Å². The smallest absolute Gasteiger partial charge is 0.348 e. The Morgan fingerprint density at radius 3 is 2.84 bits per heavy atom. The first-order valence-electron chi connectivity index (χ1n) is 5.61. The molecule has 0 aliphatic carbocycles. The maximum atomic E-state index is 12.5. The van der Waals surface area contributed by atoms with Crippen LogP contribution in [0.1, 0.15) is 5.56 Å². The summed E-state index contributed by atoms with van der Waals surface area (Å²) in [7, 11) is 0. The van der Waals surface area contributed by atoms with Gasteiger partial charge in [-0.05, 0) is 12.1 Å². The van der Waals surface area contributed by atoms with Crippen molar-refractivity contribution in [2.45, 2.75) is 12.3 Å². The average Bonchev–Trinajstić information content (AvgIpc) is 2.85. The molecule has 1 aromatic rings. The molecule has 7 heteroatoms. The van der Waals surface area contributed by atoms with Gasteiger partial charge in [0.1, 0.15) is 6.17 Å². The summed E-state index contributed by atoms with van der Waals surface area (Å²) in [5.74, 6) is -1.81. The maximum absolute atomic E-state index is 12.5. The van der Waals surface area contributed by atoms with Gasteiger partial charge in [0.25, 0.3) is 5.78 Å². The van der Waals surface area contributed by atoms with E-state index in [0.717, 1.165) is 0 Å². The van der Waals surface area contributed by atoms with E-state index in [1.54, 1.807) is 18.3 Å². The van der Waals surface area contributed by atoms with Gasteiger partial charge in [-0.15, -0.1) is 0 Å². The monoisotopic (exact) mass is 271 g/mol. The van der Waals surface area contributed by atoms with Crippen LogP contribution in [0.2, 0.25) is 0 Å². The van der Waals surface area contributed by atoms with Crippen molar-refractivity contribution in [1.82, 2.24) is 15.2 Å². The van der Waals surface area contributed by atoms with Crippen LogP contribution in [-0.4, -0.2) is 41.1 Å². The second-order valence-electron chi connectivity index (χ2n) is 4.10. The lowest BCUT2D eigenvalue weighted by molar-refractivity contribution is -0.175. The first-order chi connectivity index (χ1) is 8.91. The summed E-state index contributed by atoms with van der Waals surface area (Å²) in [5.41, 5.74) is 0.937. The standard InChI is InChI=1S/C12H12F3N3O/c1-8(9-3-2-4-16-7-9)18-6-5-17-11(18)10(19)12(13,14)15/h2-4,7,11,17H,1,5-6H2. The number of halogens is 3. The van der Waals surface area contributed by atoms with E-state index in [2.05, 4.69) is 16.9 Å². The number of nitrogens with one attached hydrogen (secondary N) is 1. The Balaban J connectivity index is 2.20. The molecule has 1 atom stereocenters. The zero-order chi connectivity index (χ0) is 14.0. The van der Waals surface area contributed by atoms with Crippen molar-refractivity contribution in [1.29, 1.82) is 0 Å². The second kappa shape index (κ2) is 5.00. The van der Waals surface area contributed by atoms with Gasteiger partial charge in [0.15, 0.2) is 0 Å². The third-order valence-electron chi connectivity index (χ3n) is 2.87. The predicted octanol–water partition coefficient (Wildman–Crippen LogP) is 1.41. The quantitative estimate of drug-likeness (QED) is 0.903. The molecule has 19 heavy (non-hydrogen) atoms. The number of alkyl halides is 3. The van der Waals surface area contributed by atoms with Crippen molar-refractivity contribution in [2.24, 2.45) is 0 Å². The van der Waals surface area contributed by atoms with Gasteiger partial charge in [0.05, 0.1) is 0 Å². The van der Waals surface area contributed by atoms with E-state index >= 15 is 0 Å². The first kappa shape index (κ1) is 13.5. The van der Waals surface area contributed by atoms with E-state index in [1.807, 2.05) is 0 Å². The highest BCUT2D eigenvalue weighted by molar-refractivity contribution is 5.90. The van der Waals surface area contributed by atoms with Crippen LogP contribution in [0.4, 0.5) is 13.2 Å². The highest BCUT2D eigenvalue weighted by atomic mass is 19.4. The highest BCUT2D eigenvalue weighted by Gasteiger charge is 2.47. The summed E-state index contributed by atoms with van der Waals surface area (Å²) >= 11 is 0. The fourth-order valence-electron chi connectivity index (χ4n) is 1.94. The zero-order valence-corrected chi connectivity index (χ0v) is 9.94. The number of rotatable bonds is 3. The summed E-state index contributed by atoms with van der Waals surface area (Å²) in [4.78, 5) is 16.5. The maximum Gasteiger partial charge on any atom is 0.453 e. The van der Waals surface area contributed by atoms with E-state index in [0.29, 0.717) is 24.4 Å². The molecular weight excluding hydrogens is 259 g/mol. The summed E-state index contributed by atoms with van der Waals surface area (Å²) in [6.45, 7) is 4.34. The topological polar surface area (TPSA) is 45.2 Å². The number of nitrogens with zero attached hydrogens (tertiary/aromatic N) is 2. The van der Waals surface area contributed by atoms with Gasteiger partial charge in [-0.25, -0.2) is 0 Å². The third kappa shape index (κ3) is 2.76. The Hall–Kier alpha value is -1.89. The minimum Gasteiger partial charge on any atom is -0.348 e. The van der Waals surface area contributed by atoms with Gasteiger partial charge < -0.3 is 4.90 Å². The van der Waals surface area contributed by atoms with Crippen LogP contribution in [0.15, 0.2) is 31.1 Å². The molecule has 0 bridgehead atoms. The number of carbonyl (C=O) groups is 1. The Bertz CT molecular complexity index is 487. The van der Waals surface area contributed by atoms with Crippen LogP contribution in [0.25, 0.3) is 5.70 Å². The fourth-order valence-corrected chi connectivity index (χ4v) is 1.94. The minimum absolute atomic E-state index is 0.292. The van der Waals surface area contributed by atoms with Gasteiger partial charge in [-0.1, -0.05) is 6.58 Å². The van der Waals surface area contributed by atoms with Crippen LogP contribution in [-0.2, 0) is 4.79 Å². The molecular formula is C12H12F3N3O. The fraction of sp³-hybridized carbons (Fsp3) is 0.333. The molecule has 1 N–H and O–H groups in total. The SMILES string of the molecule is C=C(c1cccnc1)N1CCNC1C(=O)C(F)(F)F. The van der Waals surface area contributed by atoms with Crippen molar-refractivity contribution in [3.8, 4) is 0 Å². The van der Waals surface area contributed by atoms with E-state index in [-0.39, 0.29) is 0 Å². The molecule has 1 saturated heterocycles. The summed E-state index contributed by atoms with van der Waals surface area (Å²) in [6, 6.07) is 3.34. The van der Waals surface area contributed by atoms with Crippen molar-refractivity contribution >= 4 is 11.5 Å². The van der Waals surface area contributed by atoms with Crippen LogP contribution < -0.4 is 5.32 Å². The van der Waals surface area contributed by atoms with E-state index in [1.165, 1.54) is 11.1 Å². The van der Waals surface area contributed by atoms with Crippen LogP contribution in [0, 0.1) is 0 Å². The summed E-state index contributed by atoms with van der Waals surface area (Å²) in [5, 5.41) is 2.54. The van der Waals surface area contributed by atoms with Crippen molar-refractivity contribution in [3.63, 3.8) is 0 Å². The number of aromatic nitrogens is 1. The molecule has 0 radical (unpaired) electrons. The first-order valence-corrected chi connectivity index (χ1v) is 5.61. The van der Waals surface area contributed by atoms with Crippen LogP contribution >= 0.6 is 0 Å². The van der Waals surface area contributed by atoms with Crippen molar-refractivity contribution in [2.75, 3.05) is 13.1 Å². The van der Waals surface area contributed by atoms with Gasteiger partial charge >= 0.3 is 6.18 Å². The van der Waals surface area contributed by atoms with E-state index in [9.17, 15) is 18.0 Å². The average molecular weight is 271 g/mol. The number of Topliss-reactive ketones (excluding diaryl/α,β-unsaturated/α-hetero) is 1. The van der Waals surface area contributed by atoms with Crippen LogP contribution in [0.3, 0.4) is 0 Å². The summed E-state index contributed by atoms with van der Waals surface area (Å²) in [6.07, 6.45) is -3.23. The molecule has 2 rings (SSSR count). The zero-order valence-electron chi connectivity index (χ0n) is 9.94. The lowest BCUT2D eigenvalue weighted by atomic mass is 10.2. The van der Waals surface area contributed by atoms with Crippen molar-refractivity contribution < 1.29 is 18.0 Å². The molecule has 1 aliphatic rings. The molecule has 1 unspecified atom stereocenters. The highest BCUT2D eigenvalue weighted by Crippen LogP contribution is 2.26. The van der Waals surface area contributed by atoms with Gasteiger partial charge in [-0.2, -0.15) is 13.2 Å². The molecule has 0 amide bonds. The number of hydrogen-bond acceptors (Lipinski definition) is 4. The number of carbonyl (C=O) groups excluding carboxylic acids is 1. The molecule has 102 valence electrons. The Morgan fingerprint density at radius 2 is 2.26 bits per heavy atom. The van der Waals surface area contributed by atoms with Gasteiger partial charge in [0, 0.05) is 36.7 Å². The van der Waals surface area contributed by atoms with Crippen LogP contribution in [0.5, 0.6) is 0 Å². The molecule has 1 aliphatic heterocycles. The van der Waals surface area contributed by atoms with Gasteiger partial charge in [-0.3, -0.25) is 15.1 Å². The third-order valence-corrected chi connectivity index (χ3v) is 2.87. The molecule has 2 heterocycles. The largest absolute Gasteiger partial charge is 0.453 e. The Kier molecular flexibility index (Phi) is 3.57. The normalized spacial score (nSPS) is 19.5. The molecule has 1 aromatic heterocycles. The lowest BCUT2D eigenvalue weighted by Crippen LogP contribution is -2.47. The number of hydrogen-bond donors (Lipinski definition) is 1. The van der Waals surface area contributed by atoms with E-state index < -0.39 is 18.1 Å². The summed E-state index contributed by atoms with van der Waals surface area (Å²) < 4.78 is 37.4. The molecule has 4 nitrogen and oxygen atoms in total. The Morgan fingerprint density at radius 1 is 1.53 bits per heavy atom. The lowest BCUT2D eigenvalue weighted by Gasteiger charge is -2.27. The van der Waals surface area contributed by atoms with E-state index in [4.69, 9.17) is 0 Å². The van der Waals surface area contributed by atoms with Gasteiger partial charge in [0.2, 0.25) is 0 Å². The molecule has 0 saturated carbocycles.